The standard InChI is InChI=1S/C28H33BrFNOSi/c1-28(2,3)33(24-10-6-4-7-11-24,25-12-8-5-9-13-25)32-23-16-18-31(19-17-23)21-22-14-15-26(29)27(30)20-22/h4-15,20,23H,16-19,21H2,1-3H3. The Labute approximate surface area is 207 Å². The quantitative estimate of drug-likeness (QED) is 0.359. The third-order valence-corrected chi connectivity index (χ3v) is 12.4. The van der Waals surface area contributed by atoms with Crippen molar-refractivity contribution in [3.63, 3.8) is 0 Å². The van der Waals surface area contributed by atoms with E-state index in [0.29, 0.717) is 4.47 Å². The van der Waals surface area contributed by atoms with Crippen LogP contribution >= 0.6 is 15.9 Å². The van der Waals surface area contributed by atoms with Gasteiger partial charge in [-0.25, -0.2) is 4.39 Å². The van der Waals surface area contributed by atoms with Gasteiger partial charge in [0.05, 0.1) is 4.47 Å². The van der Waals surface area contributed by atoms with E-state index in [1.165, 1.54) is 10.4 Å². The molecule has 0 aliphatic carbocycles. The fourth-order valence-corrected chi connectivity index (χ4v) is 10.0. The normalized spacial score (nSPS) is 16.2. The van der Waals surface area contributed by atoms with Crippen molar-refractivity contribution < 1.29 is 8.82 Å². The van der Waals surface area contributed by atoms with E-state index in [4.69, 9.17) is 4.43 Å². The van der Waals surface area contributed by atoms with Crippen molar-refractivity contribution >= 4 is 34.6 Å². The second-order valence-corrected chi connectivity index (χ2v) is 15.1. The van der Waals surface area contributed by atoms with Crippen LogP contribution in [0.15, 0.2) is 83.3 Å². The first-order chi connectivity index (χ1) is 15.8. The average molecular weight is 527 g/mol. The predicted octanol–water partition coefficient (Wildman–Crippen LogP) is 6.13. The zero-order valence-corrected chi connectivity index (χ0v) is 22.3. The molecule has 3 aromatic rings. The molecule has 5 heteroatoms. The summed E-state index contributed by atoms with van der Waals surface area (Å²) in [5.41, 5.74) is 1.02. The molecule has 0 spiro atoms. The molecule has 4 rings (SSSR count). The molecule has 1 saturated heterocycles. The smallest absolute Gasteiger partial charge is 0.261 e. The van der Waals surface area contributed by atoms with Crippen LogP contribution in [0.5, 0.6) is 0 Å². The van der Waals surface area contributed by atoms with E-state index in [0.717, 1.165) is 38.0 Å². The Morgan fingerprint density at radius 1 is 0.909 bits per heavy atom. The van der Waals surface area contributed by atoms with Gasteiger partial charge >= 0.3 is 0 Å². The maximum Gasteiger partial charge on any atom is 0.261 e. The summed E-state index contributed by atoms with van der Waals surface area (Å²) < 4.78 is 21.7. The molecule has 174 valence electrons. The Morgan fingerprint density at radius 3 is 1.94 bits per heavy atom. The molecule has 0 bridgehead atoms. The van der Waals surface area contributed by atoms with Crippen LogP contribution in [0.2, 0.25) is 5.04 Å². The highest BCUT2D eigenvalue weighted by Gasteiger charge is 2.51. The van der Waals surface area contributed by atoms with E-state index in [-0.39, 0.29) is 17.0 Å². The molecule has 0 atom stereocenters. The van der Waals surface area contributed by atoms with Gasteiger partial charge in [-0.1, -0.05) is 87.5 Å². The summed E-state index contributed by atoms with van der Waals surface area (Å²) in [6.07, 6.45) is 2.20. The summed E-state index contributed by atoms with van der Waals surface area (Å²) in [4.78, 5) is 2.41. The van der Waals surface area contributed by atoms with E-state index < -0.39 is 8.32 Å². The van der Waals surface area contributed by atoms with Crippen molar-refractivity contribution in [2.75, 3.05) is 13.1 Å². The molecule has 1 aliphatic rings. The van der Waals surface area contributed by atoms with Crippen LogP contribution in [0.25, 0.3) is 0 Å². The van der Waals surface area contributed by atoms with Crippen LogP contribution in [-0.2, 0) is 11.0 Å². The molecule has 0 aromatic heterocycles. The molecule has 3 aromatic carbocycles. The van der Waals surface area contributed by atoms with Gasteiger partial charge in [0.1, 0.15) is 5.82 Å². The molecule has 1 aliphatic heterocycles. The summed E-state index contributed by atoms with van der Waals surface area (Å²) in [5.74, 6) is -0.197. The van der Waals surface area contributed by atoms with Crippen LogP contribution in [0, 0.1) is 5.82 Å². The van der Waals surface area contributed by atoms with Crippen LogP contribution in [-0.4, -0.2) is 32.4 Å². The van der Waals surface area contributed by atoms with Gasteiger partial charge in [-0.15, -0.1) is 0 Å². The van der Waals surface area contributed by atoms with E-state index in [1.54, 1.807) is 12.1 Å². The van der Waals surface area contributed by atoms with E-state index >= 15 is 0 Å². The molecule has 0 amide bonds. The van der Waals surface area contributed by atoms with Gasteiger partial charge in [-0.2, -0.15) is 0 Å². The summed E-state index contributed by atoms with van der Waals surface area (Å²) in [6, 6.07) is 27.1. The van der Waals surface area contributed by atoms with E-state index in [9.17, 15) is 4.39 Å². The number of nitrogens with zero attached hydrogens (tertiary/aromatic N) is 1. The van der Waals surface area contributed by atoms with Gasteiger partial charge in [0, 0.05) is 25.7 Å². The summed E-state index contributed by atoms with van der Waals surface area (Å²) in [6.45, 7) is 9.68. The molecular weight excluding hydrogens is 493 g/mol. The molecular formula is C28H33BrFNOSi. The summed E-state index contributed by atoms with van der Waals surface area (Å²) in [5, 5.41) is 2.65. The maximum absolute atomic E-state index is 13.9. The average Bonchev–Trinajstić information content (AvgIpc) is 2.81. The fourth-order valence-electron chi connectivity index (χ4n) is 5.02. The first kappa shape index (κ1) is 24.3. The fraction of sp³-hybridized carbons (Fsp3) is 0.357. The van der Waals surface area contributed by atoms with Crippen molar-refractivity contribution in [3.05, 3.63) is 94.7 Å². The molecule has 1 fully saturated rings. The lowest BCUT2D eigenvalue weighted by Crippen LogP contribution is -2.68. The number of hydrogen-bond acceptors (Lipinski definition) is 2. The number of benzene rings is 3. The first-order valence-corrected chi connectivity index (χ1v) is 14.4. The zero-order valence-electron chi connectivity index (χ0n) is 19.7. The number of halogens is 2. The Balaban J connectivity index is 1.55. The van der Waals surface area contributed by atoms with Gasteiger partial charge in [-0.3, -0.25) is 4.90 Å². The van der Waals surface area contributed by atoms with Crippen molar-refractivity contribution in [1.29, 1.82) is 0 Å². The highest BCUT2D eigenvalue weighted by Crippen LogP contribution is 2.38. The minimum absolute atomic E-state index is 0.0121. The lowest BCUT2D eigenvalue weighted by atomic mass is 10.1. The third-order valence-electron chi connectivity index (χ3n) is 6.69. The highest BCUT2D eigenvalue weighted by molar-refractivity contribution is 9.10. The highest BCUT2D eigenvalue weighted by atomic mass is 79.9. The van der Waals surface area contributed by atoms with Crippen LogP contribution < -0.4 is 10.4 Å². The van der Waals surface area contributed by atoms with Gasteiger partial charge < -0.3 is 4.43 Å². The Morgan fingerprint density at radius 2 is 1.45 bits per heavy atom. The van der Waals surface area contributed by atoms with Crippen LogP contribution in [0.1, 0.15) is 39.2 Å². The number of piperidine rings is 1. The molecule has 0 N–H and O–H groups in total. The number of rotatable bonds is 6. The minimum atomic E-state index is -2.52. The summed E-state index contributed by atoms with van der Waals surface area (Å²) >= 11 is 3.24. The zero-order chi connectivity index (χ0) is 23.5. The number of likely N-dealkylation sites (tertiary alicyclic amines) is 1. The summed E-state index contributed by atoms with van der Waals surface area (Å²) in [7, 11) is -2.52. The molecule has 1 heterocycles. The van der Waals surface area contributed by atoms with Crippen molar-refractivity contribution in [2.45, 2.75) is 51.3 Å². The largest absolute Gasteiger partial charge is 0.404 e. The Kier molecular flexibility index (Phi) is 7.54. The van der Waals surface area contributed by atoms with Gasteiger partial charge in [0.2, 0.25) is 0 Å². The van der Waals surface area contributed by atoms with E-state index in [1.807, 2.05) is 6.07 Å². The second-order valence-electron chi connectivity index (χ2n) is 10.0. The first-order valence-electron chi connectivity index (χ1n) is 11.7. The second kappa shape index (κ2) is 10.2. The van der Waals surface area contributed by atoms with Gasteiger partial charge in [-0.05, 0) is 61.9 Å². The van der Waals surface area contributed by atoms with Gasteiger partial charge in [0.15, 0.2) is 0 Å². The number of hydrogen-bond donors (Lipinski definition) is 0. The lowest BCUT2D eigenvalue weighted by molar-refractivity contribution is 0.0894. The van der Waals surface area contributed by atoms with Crippen LogP contribution in [0.4, 0.5) is 4.39 Å². The monoisotopic (exact) mass is 525 g/mol. The van der Waals surface area contributed by atoms with Crippen molar-refractivity contribution in [2.24, 2.45) is 0 Å². The molecule has 33 heavy (non-hydrogen) atoms. The SMILES string of the molecule is CC(C)(C)[Si](OC1CCN(Cc2ccc(Br)c(F)c2)CC1)(c1ccccc1)c1ccccc1. The van der Waals surface area contributed by atoms with Crippen LogP contribution in [0.3, 0.4) is 0 Å². The Bertz CT molecular complexity index is 1010. The van der Waals surface area contributed by atoms with Gasteiger partial charge in [0.25, 0.3) is 8.32 Å². The molecule has 2 nitrogen and oxygen atoms in total. The predicted molar refractivity (Wildman–Crippen MR) is 141 cm³/mol. The molecule has 0 radical (unpaired) electrons. The molecule has 0 unspecified atom stereocenters. The topological polar surface area (TPSA) is 12.5 Å². The molecule has 0 saturated carbocycles. The maximum atomic E-state index is 13.9. The Hall–Kier alpha value is -1.79. The minimum Gasteiger partial charge on any atom is -0.404 e. The third kappa shape index (κ3) is 5.32. The van der Waals surface area contributed by atoms with Crippen molar-refractivity contribution in [1.82, 2.24) is 4.90 Å². The van der Waals surface area contributed by atoms with E-state index in [2.05, 4.69) is 102 Å². The lowest BCUT2D eigenvalue weighted by Gasteiger charge is -2.46. The van der Waals surface area contributed by atoms with Crippen molar-refractivity contribution in [3.8, 4) is 0 Å².